The number of rotatable bonds is 4. The summed E-state index contributed by atoms with van der Waals surface area (Å²) in [5, 5.41) is 8.45. The Balaban J connectivity index is 2.72. The molecule has 0 spiro atoms. The molecule has 0 aliphatic carbocycles. The maximum Gasteiger partial charge on any atom is 0.329 e. The van der Waals surface area contributed by atoms with E-state index in [4.69, 9.17) is 9.84 Å². The van der Waals surface area contributed by atoms with Crippen LogP contribution in [-0.4, -0.2) is 17.7 Å². The number of aryl methyl sites for hydroxylation is 3. The average molecular weight is 208 g/mol. The number of carbonyl (C=O) groups is 1. The van der Waals surface area contributed by atoms with E-state index < -0.39 is 5.97 Å². The van der Waals surface area contributed by atoms with Gasteiger partial charge in [0.15, 0.2) is 0 Å². The Bertz CT molecular complexity index is 346. The van der Waals surface area contributed by atoms with E-state index in [0.29, 0.717) is 6.61 Å². The molecule has 0 fully saturated rings. The third kappa shape index (κ3) is 3.36. The number of benzene rings is 1. The monoisotopic (exact) mass is 208 g/mol. The third-order valence-electron chi connectivity index (χ3n) is 2.31. The second-order valence-corrected chi connectivity index (χ2v) is 3.76. The lowest BCUT2D eigenvalue weighted by molar-refractivity contribution is -0.142. The lowest BCUT2D eigenvalue weighted by Crippen LogP contribution is -2.08. The van der Waals surface area contributed by atoms with Crippen molar-refractivity contribution < 1.29 is 14.6 Å². The van der Waals surface area contributed by atoms with Crippen LogP contribution in [0.3, 0.4) is 0 Å². The van der Waals surface area contributed by atoms with E-state index in [-0.39, 0.29) is 6.61 Å². The van der Waals surface area contributed by atoms with Crippen LogP contribution in [0.25, 0.3) is 0 Å². The molecule has 1 N–H and O–H groups in total. The molecule has 0 saturated heterocycles. The van der Waals surface area contributed by atoms with Gasteiger partial charge in [0.05, 0.1) is 6.61 Å². The molecule has 0 aromatic heterocycles. The zero-order chi connectivity index (χ0) is 11.4. The maximum atomic E-state index is 10.3. The highest BCUT2D eigenvalue weighted by Crippen LogP contribution is 2.17. The molecule has 82 valence electrons. The Morgan fingerprint density at radius 3 is 2.27 bits per heavy atom. The summed E-state index contributed by atoms with van der Waals surface area (Å²) in [7, 11) is 0. The fraction of sp³-hybridized carbons (Fsp3) is 0.417. The van der Waals surface area contributed by atoms with Crippen molar-refractivity contribution in [1.82, 2.24) is 0 Å². The molecule has 3 heteroatoms. The highest BCUT2D eigenvalue weighted by molar-refractivity contribution is 5.68. The molecule has 0 amide bonds. The molecule has 1 rings (SSSR count). The van der Waals surface area contributed by atoms with E-state index in [1.165, 1.54) is 5.56 Å². The third-order valence-corrected chi connectivity index (χ3v) is 2.31. The Labute approximate surface area is 89.7 Å². The smallest absolute Gasteiger partial charge is 0.329 e. The van der Waals surface area contributed by atoms with Crippen LogP contribution in [0.5, 0.6) is 0 Å². The Morgan fingerprint density at radius 1 is 1.27 bits per heavy atom. The second-order valence-electron chi connectivity index (χ2n) is 3.76. The van der Waals surface area contributed by atoms with Crippen LogP contribution in [0.15, 0.2) is 12.1 Å². The van der Waals surface area contributed by atoms with Gasteiger partial charge in [0.2, 0.25) is 0 Å². The van der Waals surface area contributed by atoms with E-state index in [1.54, 1.807) is 0 Å². The van der Waals surface area contributed by atoms with Gasteiger partial charge in [-0.3, -0.25) is 0 Å². The van der Waals surface area contributed by atoms with Gasteiger partial charge in [-0.1, -0.05) is 17.7 Å². The van der Waals surface area contributed by atoms with Crippen LogP contribution in [-0.2, 0) is 16.1 Å². The first-order valence-electron chi connectivity index (χ1n) is 4.87. The zero-order valence-electron chi connectivity index (χ0n) is 9.33. The molecule has 0 saturated carbocycles. The largest absolute Gasteiger partial charge is 0.480 e. The normalized spacial score (nSPS) is 10.3. The van der Waals surface area contributed by atoms with Gasteiger partial charge in [-0.25, -0.2) is 4.79 Å². The van der Waals surface area contributed by atoms with E-state index in [2.05, 4.69) is 12.1 Å². The topological polar surface area (TPSA) is 46.5 Å². The first-order chi connectivity index (χ1) is 7.00. The highest BCUT2D eigenvalue weighted by Gasteiger charge is 2.05. The van der Waals surface area contributed by atoms with E-state index in [0.717, 1.165) is 16.7 Å². The Morgan fingerprint density at radius 2 is 1.80 bits per heavy atom. The second kappa shape index (κ2) is 4.94. The number of hydrogen-bond acceptors (Lipinski definition) is 2. The van der Waals surface area contributed by atoms with E-state index >= 15 is 0 Å². The van der Waals surface area contributed by atoms with E-state index in [9.17, 15) is 4.79 Å². The summed E-state index contributed by atoms with van der Waals surface area (Å²) in [4.78, 5) is 10.3. The fourth-order valence-corrected chi connectivity index (χ4v) is 1.68. The molecule has 0 aliphatic rings. The van der Waals surface area contributed by atoms with Gasteiger partial charge in [-0.05, 0) is 37.5 Å². The minimum absolute atomic E-state index is 0.243. The number of carboxylic acids is 1. The molecular formula is C12H16O3. The summed E-state index contributed by atoms with van der Waals surface area (Å²) in [6.45, 7) is 6.19. The van der Waals surface area contributed by atoms with Crippen LogP contribution in [0.4, 0.5) is 0 Å². The summed E-state index contributed by atoms with van der Waals surface area (Å²) in [6.07, 6.45) is 0. The molecule has 1 aromatic carbocycles. The minimum Gasteiger partial charge on any atom is -0.480 e. The van der Waals surface area contributed by atoms with Crippen molar-refractivity contribution in [3.8, 4) is 0 Å². The van der Waals surface area contributed by atoms with Crippen LogP contribution in [0, 0.1) is 20.8 Å². The van der Waals surface area contributed by atoms with Gasteiger partial charge in [0.25, 0.3) is 0 Å². The Hall–Kier alpha value is -1.35. The maximum absolute atomic E-state index is 10.3. The summed E-state index contributed by atoms with van der Waals surface area (Å²) >= 11 is 0. The van der Waals surface area contributed by atoms with Crippen LogP contribution < -0.4 is 0 Å². The first-order valence-corrected chi connectivity index (χ1v) is 4.87. The quantitative estimate of drug-likeness (QED) is 0.825. The van der Waals surface area contributed by atoms with Crippen molar-refractivity contribution in [3.63, 3.8) is 0 Å². The lowest BCUT2D eigenvalue weighted by atomic mass is 10.0. The number of carboxylic acid groups (broad SMARTS) is 1. The molecule has 0 unspecified atom stereocenters. The summed E-state index contributed by atoms with van der Waals surface area (Å²) in [5.41, 5.74) is 4.60. The molecule has 0 atom stereocenters. The highest BCUT2D eigenvalue weighted by atomic mass is 16.5. The van der Waals surface area contributed by atoms with Crippen molar-refractivity contribution in [1.29, 1.82) is 0 Å². The van der Waals surface area contributed by atoms with Crippen LogP contribution >= 0.6 is 0 Å². The molecule has 3 nitrogen and oxygen atoms in total. The van der Waals surface area contributed by atoms with Crippen molar-refractivity contribution in [2.75, 3.05) is 6.61 Å². The van der Waals surface area contributed by atoms with Gasteiger partial charge >= 0.3 is 5.97 Å². The predicted octanol–water partition coefficient (Wildman–Crippen LogP) is 2.21. The van der Waals surface area contributed by atoms with Crippen LogP contribution in [0.2, 0.25) is 0 Å². The van der Waals surface area contributed by atoms with Crippen molar-refractivity contribution in [3.05, 3.63) is 34.4 Å². The molecule has 15 heavy (non-hydrogen) atoms. The Kier molecular flexibility index (Phi) is 3.86. The van der Waals surface area contributed by atoms with Crippen molar-refractivity contribution in [2.24, 2.45) is 0 Å². The summed E-state index contributed by atoms with van der Waals surface area (Å²) < 4.78 is 5.08. The standard InChI is InChI=1S/C12H16O3/c1-8-4-9(2)11(10(3)5-8)6-15-7-12(13)14/h4-5H,6-7H2,1-3H3,(H,13,14). The number of hydrogen-bond donors (Lipinski definition) is 1. The van der Waals surface area contributed by atoms with Crippen molar-refractivity contribution in [2.45, 2.75) is 27.4 Å². The van der Waals surface area contributed by atoms with Crippen LogP contribution in [0.1, 0.15) is 22.3 Å². The van der Waals surface area contributed by atoms with Gasteiger partial charge in [-0.2, -0.15) is 0 Å². The van der Waals surface area contributed by atoms with Gasteiger partial charge in [0.1, 0.15) is 6.61 Å². The SMILES string of the molecule is Cc1cc(C)c(COCC(=O)O)c(C)c1. The summed E-state index contributed by atoms with van der Waals surface area (Å²) in [6, 6.07) is 4.15. The molecule has 1 aromatic rings. The molecule has 0 radical (unpaired) electrons. The molecule has 0 bridgehead atoms. The lowest BCUT2D eigenvalue weighted by Gasteiger charge is -2.10. The molecule has 0 heterocycles. The fourth-order valence-electron chi connectivity index (χ4n) is 1.68. The van der Waals surface area contributed by atoms with Gasteiger partial charge < -0.3 is 9.84 Å². The minimum atomic E-state index is -0.933. The summed E-state index contributed by atoms with van der Waals surface area (Å²) in [5.74, 6) is -0.933. The average Bonchev–Trinajstić information content (AvgIpc) is 2.08. The zero-order valence-corrected chi connectivity index (χ0v) is 9.33. The van der Waals surface area contributed by atoms with Gasteiger partial charge in [-0.15, -0.1) is 0 Å². The number of ether oxygens (including phenoxy) is 1. The first kappa shape index (κ1) is 11.7. The van der Waals surface area contributed by atoms with Crippen molar-refractivity contribution >= 4 is 5.97 Å². The predicted molar refractivity (Wildman–Crippen MR) is 57.9 cm³/mol. The van der Waals surface area contributed by atoms with Gasteiger partial charge in [0, 0.05) is 0 Å². The molecule has 0 aliphatic heterocycles. The number of aliphatic carboxylic acids is 1. The van der Waals surface area contributed by atoms with E-state index in [1.807, 2.05) is 20.8 Å². The molecular weight excluding hydrogens is 192 g/mol.